The van der Waals surface area contributed by atoms with Gasteiger partial charge in [0.1, 0.15) is 11.6 Å². The van der Waals surface area contributed by atoms with Crippen LogP contribution in [0.3, 0.4) is 0 Å². The van der Waals surface area contributed by atoms with E-state index < -0.39 is 6.43 Å². The van der Waals surface area contributed by atoms with E-state index in [4.69, 9.17) is 20.2 Å². The first-order valence-corrected chi connectivity index (χ1v) is 12.0. The van der Waals surface area contributed by atoms with Gasteiger partial charge in [-0.3, -0.25) is 4.79 Å². The van der Waals surface area contributed by atoms with Crippen LogP contribution in [0.5, 0.6) is 0 Å². The highest BCUT2D eigenvalue weighted by atomic mass is 19.3. The number of fused-ring (bicyclic) bond motifs is 4. The van der Waals surface area contributed by atoms with E-state index in [1.807, 2.05) is 0 Å². The van der Waals surface area contributed by atoms with Gasteiger partial charge in [-0.25, -0.2) is 13.8 Å². The largest absolute Gasteiger partial charge is 0.384 e. The first kappa shape index (κ1) is 22.5. The molecule has 2 aromatic rings. The van der Waals surface area contributed by atoms with Crippen LogP contribution in [-0.2, 0) is 14.3 Å². The number of rotatable bonds is 4. The Hall–Kier alpha value is -2.99. The summed E-state index contributed by atoms with van der Waals surface area (Å²) in [7, 11) is 0. The number of nitrogens with two attached hydrogens (primary N) is 1. The summed E-state index contributed by atoms with van der Waals surface area (Å²) in [4.78, 5) is 34.8. The molecular weight excluding hydrogens is 460 g/mol. The number of alkyl halides is 2. The highest BCUT2D eigenvalue weighted by Gasteiger charge is 2.41. The summed E-state index contributed by atoms with van der Waals surface area (Å²) in [6.45, 7) is 1.84. The lowest BCUT2D eigenvalue weighted by atomic mass is 9.84. The van der Waals surface area contributed by atoms with E-state index in [-0.39, 0.29) is 52.7 Å². The molecule has 4 fully saturated rings. The number of Topliss-reactive ketones (excluding diaryl/α,β-unsaturated/α-hetero) is 1. The molecule has 0 amide bonds. The first-order valence-electron chi connectivity index (χ1n) is 12.0. The predicted octanol–water partition coefficient (Wildman–Crippen LogP) is 2.15. The van der Waals surface area contributed by atoms with Gasteiger partial charge in [-0.15, -0.1) is 0 Å². The van der Waals surface area contributed by atoms with Gasteiger partial charge >= 0.3 is 0 Å². The number of carbonyl (C=O) groups is 1. The second-order valence-corrected chi connectivity index (χ2v) is 9.64. The van der Waals surface area contributed by atoms with E-state index in [0.29, 0.717) is 51.2 Å². The molecule has 0 saturated carbocycles. The van der Waals surface area contributed by atoms with Crippen molar-refractivity contribution in [1.29, 1.82) is 0 Å². The van der Waals surface area contributed by atoms with E-state index in [2.05, 4.69) is 24.8 Å². The minimum absolute atomic E-state index is 0.00230. The zero-order chi connectivity index (χ0) is 24.1. The van der Waals surface area contributed by atoms with Gasteiger partial charge in [0.2, 0.25) is 11.9 Å². The molecule has 2 atom stereocenters. The van der Waals surface area contributed by atoms with Crippen molar-refractivity contribution < 1.29 is 23.0 Å². The van der Waals surface area contributed by atoms with Crippen LogP contribution < -0.4 is 15.5 Å². The number of anilines is 3. The number of halogens is 2. The van der Waals surface area contributed by atoms with Crippen molar-refractivity contribution in [1.82, 2.24) is 19.9 Å². The molecule has 6 rings (SSSR count). The van der Waals surface area contributed by atoms with Crippen molar-refractivity contribution in [3.05, 3.63) is 17.8 Å². The Kier molecular flexibility index (Phi) is 5.72. The normalized spacial score (nSPS) is 28.5. The summed E-state index contributed by atoms with van der Waals surface area (Å²) in [5, 5.41) is 0. The third-order valence-corrected chi connectivity index (χ3v) is 7.32. The Labute approximate surface area is 200 Å². The van der Waals surface area contributed by atoms with Crippen LogP contribution in [0, 0.1) is 0 Å². The lowest BCUT2D eigenvalue weighted by molar-refractivity contribution is -0.121. The number of hydrogen-bond acceptors (Lipinski definition) is 10. The number of ether oxygens (including phenoxy) is 2. The minimum Gasteiger partial charge on any atom is -0.384 e. The average molecular weight is 488 g/mol. The molecule has 35 heavy (non-hydrogen) atoms. The molecule has 0 aromatic carbocycles. The Morgan fingerprint density at radius 2 is 1.49 bits per heavy atom. The van der Waals surface area contributed by atoms with Crippen molar-refractivity contribution in [2.45, 2.75) is 62.7 Å². The van der Waals surface area contributed by atoms with Crippen LogP contribution in [0.15, 0.2) is 12.3 Å². The van der Waals surface area contributed by atoms with E-state index in [1.54, 1.807) is 0 Å². The average Bonchev–Trinajstić information content (AvgIpc) is 2.82. The quantitative estimate of drug-likeness (QED) is 0.687. The van der Waals surface area contributed by atoms with Gasteiger partial charge in [0.25, 0.3) is 6.43 Å². The monoisotopic (exact) mass is 487 g/mol. The van der Waals surface area contributed by atoms with Gasteiger partial charge in [0.15, 0.2) is 5.82 Å². The number of aromatic nitrogens is 4. The maximum atomic E-state index is 14.0. The number of piperidine rings is 2. The number of pyridine rings is 1. The van der Waals surface area contributed by atoms with E-state index >= 15 is 0 Å². The maximum Gasteiger partial charge on any atom is 0.264 e. The highest BCUT2D eigenvalue weighted by molar-refractivity contribution is 5.82. The number of hydrogen-bond donors (Lipinski definition) is 1. The molecule has 2 N–H and O–H groups in total. The topological polar surface area (TPSA) is 120 Å². The Bertz CT molecular complexity index is 1100. The summed E-state index contributed by atoms with van der Waals surface area (Å²) < 4.78 is 39.4. The van der Waals surface area contributed by atoms with Gasteiger partial charge in [0, 0.05) is 42.2 Å². The molecule has 4 bridgehead atoms. The standard InChI is InChI=1S/C23H27F2N7O3/c24-20(25)17-6-19(26)27-7-18(17)21-28-22(31-12-2-1-3-13(31)5-16(33)4-12)30-23(29-21)32-14-8-34-10-15(32)11-35-9-14/h6-7,12-15,20H,1-5,8-11H2,(H2,26,27). The fourth-order valence-electron chi connectivity index (χ4n) is 5.78. The van der Waals surface area contributed by atoms with Gasteiger partial charge in [-0.05, 0) is 25.3 Å². The molecule has 4 aliphatic rings. The summed E-state index contributed by atoms with van der Waals surface area (Å²) >= 11 is 0. The van der Waals surface area contributed by atoms with Crippen molar-refractivity contribution in [2.24, 2.45) is 0 Å². The van der Waals surface area contributed by atoms with Crippen molar-refractivity contribution in [3.63, 3.8) is 0 Å². The molecule has 10 nitrogen and oxygen atoms in total. The smallest absolute Gasteiger partial charge is 0.264 e. The van der Waals surface area contributed by atoms with E-state index in [1.165, 1.54) is 6.20 Å². The van der Waals surface area contributed by atoms with Crippen LogP contribution in [0.25, 0.3) is 11.4 Å². The minimum atomic E-state index is -2.78. The third kappa shape index (κ3) is 4.08. The molecule has 0 aliphatic carbocycles. The molecule has 4 aliphatic heterocycles. The fourth-order valence-corrected chi connectivity index (χ4v) is 5.78. The van der Waals surface area contributed by atoms with Crippen molar-refractivity contribution in [3.8, 4) is 11.4 Å². The zero-order valence-electron chi connectivity index (χ0n) is 19.1. The second-order valence-electron chi connectivity index (χ2n) is 9.64. The number of morpholine rings is 2. The summed E-state index contributed by atoms with van der Waals surface area (Å²) in [5.41, 5.74) is 5.54. The fraction of sp³-hybridized carbons (Fsp3) is 0.609. The van der Waals surface area contributed by atoms with Crippen LogP contribution in [-0.4, -0.2) is 76.3 Å². The summed E-state index contributed by atoms with van der Waals surface area (Å²) in [6.07, 6.45) is 2.16. The van der Waals surface area contributed by atoms with Crippen LogP contribution in [0.1, 0.15) is 44.1 Å². The van der Waals surface area contributed by atoms with E-state index in [9.17, 15) is 13.6 Å². The van der Waals surface area contributed by atoms with Crippen molar-refractivity contribution in [2.75, 3.05) is 42.0 Å². The molecule has 12 heteroatoms. The second kappa shape index (κ2) is 8.90. The van der Waals surface area contributed by atoms with Crippen LogP contribution in [0.4, 0.5) is 26.5 Å². The molecule has 2 aromatic heterocycles. The molecular formula is C23H27F2N7O3. The highest BCUT2D eigenvalue weighted by Crippen LogP contribution is 2.38. The van der Waals surface area contributed by atoms with Gasteiger partial charge < -0.3 is 25.0 Å². The summed E-state index contributed by atoms with van der Waals surface area (Å²) in [6, 6.07) is 0.961. The SMILES string of the molecule is Nc1cc(C(F)F)c(-c2nc(N3C4COCC3COC4)nc(N3C4CCCC3CC(=O)C4)n2)cn1. The Balaban J connectivity index is 1.50. The van der Waals surface area contributed by atoms with Crippen molar-refractivity contribution >= 4 is 23.5 Å². The van der Waals surface area contributed by atoms with E-state index in [0.717, 1.165) is 25.3 Å². The lowest BCUT2D eigenvalue weighted by Crippen LogP contribution is -2.60. The van der Waals surface area contributed by atoms with Gasteiger partial charge in [-0.2, -0.15) is 15.0 Å². The number of carbonyl (C=O) groups excluding carboxylic acids is 1. The zero-order valence-corrected chi connectivity index (χ0v) is 19.1. The summed E-state index contributed by atoms with van der Waals surface area (Å²) in [5.74, 6) is 1.18. The number of nitrogens with zero attached hydrogens (tertiary/aromatic N) is 6. The molecule has 0 spiro atoms. The maximum absolute atomic E-state index is 14.0. The Morgan fingerprint density at radius 3 is 2.06 bits per heavy atom. The predicted molar refractivity (Wildman–Crippen MR) is 122 cm³/mol. The van der Waals surface area contributed by atoms with Gasteiger partial charge in [-0.1, -0.05) is 0 Å². The number of ketones is 1. The third-order valence-electron chi connectivity index (χ3n) is 7.32. The van der Waals surface area contributed by atoms with Crippen LogP contribution >= 0.6 is 0 Å². The number of nitrogen functional groups attached to an aromatic ring is 1. The molecule has 0 radical (unpaired) electrons. The molecule has 186 valence electrons. The van der Waals surface area contributed by atoms with Gasteiger partial charge in [0.05, 0.1) is 38.5 Å². The molecule has 4 saturated heterocycles. The van der Waals surface area contributed by atoms with Crippen LogP contribution in [0.2, 0.25) is 0 Å². The lowest BCUT2D eigenvalue weighted by Gasteiger charge is -2.47. The molecule has 2 unspecified atom stereocenters. The Morgan fingerprint density at radius 1 is 0.914 bits per heavy atom. The first-order chi connectivity index (χ1) is 17.0. The molecule has 6 heterocycles.